The molecule has 0 saturated carbocycles. The molecule has 23 heavy (non-hydrogen) atoms. The maximum atomic E-state index is 9.98. The zero-order valence-electron chi connectivity index (χ0n) is 13.8. The lowest BCUT2D eigenvalue weighted by Gasteiger charge is -2.34. The second kappa shape index (κ2) is 6.81. The highest BCUT2D eigenvalue weighted by molar-refractivity contribution is 6.30. The first-order valence-electron chi connectivity index (χ1n) is 8.16. The first kappa shape index (κ1) is 16.2. The molecule has 1 fully saturated rings. The van der Waals surface area contributed by atoms with Crippen molar-refractivity contribution in [3.05, 3.63) is 58.1 Å². The lowest BCUT2D eigenvalue weighted by Crippen LogP contribution is -3.13. The fraction of sp³-hybridized carbons (Fsp3) is 0.368. The summed E-state index contributed by atoms with van der Waals surface area (Å²) in [5.41, 5.74) is 4.94. The monoisotopic (exact) mass is 331 g/mol. The standard InChI is InChI=1S/C19H23ClN2O/c1-14-3-4-15(2)18(11-14)22-9-7-21(8-10-22)13-16-12-17(20)5-6-19(16)23/h3-6,11-12,23H,7-10,13H2,1-2H3/p+1. The molecule has 1 heterocycles. The second-order valence-electron chi connectivity index (χ2n) is 6.48. The van der Waals surface area contributed by atoms with Gasteiger partial charge in [-0.1, -0.05) is 23.7 Å². The molecule has 2 aromatic carbocycles. The summed E-state index contributed by atoms with van der Waals surface area (Å²) >= 11 is 6.04. The summed E-state index contributed by atoms with van der Waals surface area (Å²) in [5, 5.41) is 10.7. The van der Waals surface area contributed by atoms with Gasteiger partial charge in [0.1, 0.15) is 12.3 Å². The number of aromatic hydroxyl groups is 1. The van der Waals surface area contributed by atoms with E-state index in [-0.39, 0.29) is 0 Å². The highest BCUT2D eigenvalue weighted by Crippen LogP contribution is 2.22. The molecule has 3 nitrogen and oxygen atoms in total. The van der Waals surface area contributed by atoms with E-state index in [9.17, 15) is 5.11 Å². The molecule has 0 spiro atoms. The van der Waals surface area contributed by atoms with E-state index < -0.39 is 0 Å². The average molecular weight is 332 g/mol. The number of phenols is 1. The lowest BCUT2D eigenvalue weighted by molar-refractivity contribution is -0.914. The van der Waals surface area contributed by atoms with Crippen molar-refractivity contribution in [3.63, 3.8) is 0 Å². The molecule has 2 N–H and O–H groups in total. The maximum absolute atomic E-state index is 9.98. The summed E-state index contributed by atoms with van der Waals surface area (Å²) in [6.07, 6.45) is 0. The fourth-order valence-electron chi connectivity index (χ4n) is 3.27. The van der Waals surface area contributed by atoms with Crippen LogP contribution < -0.4 is 9.80 Å². The highest BCUT2D eigenvalue weighted by Gasteiger charge is 2.22. The third-order valence-electron chi connectivity index (χ3n) is 4.66. The molecule has 0 atom stereocenters. The van der Waals surface area contributed by atoms with E-state index in [2.05, 4.69) is 36.9 Å². The number of halogens is 1. The van der Waals surface area contributed by atoms with E-state index in [1.165, 1.54) is 21.7 Å². The average Bonchev–Trinajstić information content (AvgIpc) is 2.54. The molecule has 122 valence electrons. The van der Waals surface area contributed by atoms with Gasteiger partial charge in [-0.15, -0.1) is 0 Å². The Hall–Kier alpha value is -1.71. The predicted molar refractivity (Wildman–Crippen MR) is 95.6 cm³/mol. The van der Waals surface area contributed by atoms with Gasteiger partial charge in [-0.05, 0) is 49.2 Å². The Morgan fingerprint density at radius 2 is 1.83 bits per heavy atom. The quantitative estimate of drug-likeness (QED) is 0.904. The normalized spacial score (nSPS) is 15.9. The largest absolute Gasteiger partial charge is 0.507 e. The number of rotatable bonds is 3. The molecule has 0 bridgehead atoms. The van der Waals surface area contributed by atoms with Gasteiger partial charge in [-0.25, -0.2) is 0 Å². The van der Waals surface area contributed by atoms with Crippen LogP contribution in [-0.4, -0.2) is 31.3 Å². The van der Waals surface area contributed by atoms with Crippen molar-refractivity contribution in [1.82, 2.24) is 0 Å². The van der Waals surface area contributed by atoms with Gasteiger partial charge >= 0.3 is 0 Å². The van der Waals surface area contributed by atoms with E-state index in [0.717, 1.165) is 38.3 Å². The zero-order chi connectivity index (χ0) is 16.4. The number of nitrogens with zero attached hydrogens (tertiary/aromatic N) is 1. The van der Waals surface area contributed by atoms with Crippen LogP contribution in [0.3, 0.4) is 0 Å². The van der Waals surface area contributed by atoms with Crippen LogP contribution in [0.4, 0.5) is 5.69 Å². The Balaban J connectivity index is 1.64. The van der Waals surface area contributed by atoms with Gasteiger partial charge < -0.3 is 14.9 Å². The Kier molecular flexibility index (Phi) is 4.79. The summed E-state index contributed by atoms with van der Waals surface area (Å²) in [7, 11) is 0. The second-order valence-corrected chi connectivity index (χ2v) is 6.91. The minimum absolute atomic E-state index is 0.346. The zero-order valence-corrected chi connectivity index (χ0v) is 14.5. The van der Waals surface area contributed by atoms with Crippen molar-refractivity contribution in [2.45, 2.75) is 20.4 Å². The number of hydrogen-bond donors (Lipinski definition) is 2. The number of phenolic OH excluding ortho intramolecular Hbond substituents is 1. The Morgan fingerprint density at radius 3 is 2.57 bits per heavy atom. The Bertz CT molecular complexity index is 694. The number of hydrogen-bond acceptors (Lipinski definition) is 2. The molecule has 0 amide bonds. The van der Waals surface area contributed by atoms with Crippen LogP contribution in [0, 0.1) is 13.8 Å². The summed E-state index contributed by atoms with van der Waals surface area (Å²) < 4.78 is 0. The number of quaternary nitrogens is 1. The molecule has 0 aliphatic carbocycles. The maximum Gasteiger partial charge on any atom is 0.124 e. The van der Waals surface area contributed by atoms with Gasteiger partial charge in [-0.2, -0.15) is 0 Å². The van der Waals surface area contributed by atoms with Crippen molar-refractivity contribution < 1.29 is 10.0 Å². The first-order chi connectivity index (χ1) is 11.0. The fourth-order valence-corrected chi connectivity index (χ4v) is 3.46. The van der Waals surface area contributed by atoms with Gasteiger partial charge in [0.05, 0.1) is 26.2 Å². The summed E-state index contributed by atoms with van der Waals surface area (Å²) in [6.45, 7) is 9.37. The van der Waals surface area contributed by atoms with Gasteiger partial charge in [0.15, 0.2) is 0 Å². The topological polar surface area (TPSA) is 27.9 Å². The van der Waals surface area contributed by atoms with E-state index in [4.69, 9.17) is 11.6 Å². The van der Waals surface area contributed by atoms with Crippen LogP contribution in [0.25, 0.3) is 0 Å². The molecular formula is C19H24ClN2O+. The summed E-state index contributed by atoms with van der Waals surface area (Å²) in [5.74, 6) is 0.346. The molecule has 4 heteroatoms. The molecule has 1 aliphatic heterocycles. The van der Waals surface area contributed by atoms with E-state index in [1.807, 2.05) is 6.07 Å². The molecule has 2 aromatic rings. The number of benzene rings is 2. The number of piperazine rings is 1. The molecule has 1 aliphatic rings. The molecule has 0 unspecified atom stereocenters. The minimum Gasteiger partial charge on any atom is -0.507 e. The molecule has 3 rings (SSSR count). The molecular weight excluding hydrogens is 308 g/mol. The number of aryl methyl sites for hydroxylation is 2. The van der Waals surface area contributed by atoms with Crippen LogP contribution >= 0.6 is 11.6 Å². The van der Waals surface area contributed by atoms with Crippen molar-refractivity contribution >= 4 is 17.3 Å². The van der Waals surface area contributed by atoms with Gasteiger partial charge in [0.2, 0.25) is 0 Å². The predicted octanol–water partition coefficient (Wildman–Crippen LogP) is 2.57. The minimum atomic E-state index is 0.346. The van der Waals surface area contributed by atoms with E-state index in [0.29, 0.717) is 10.8 Å². The van der Waals surface area contributed by atoms with Gasteiger partial charge in [0, 0.05) is 16.3 Å². The summed E-state index contributed by atoms with van der Waals surface area (Å²) in [4.78, 5) is 3.97. The Labute approximate surface area is 143 Å². The van der Waals surface area contributed by atoms with Crippen LogP contribution in [0.15, 0.2) is 36.4 Å². The first-order valence-corrected chi connectivity index (χ1v) is 8.54. The van der Waals surface area contributed by atoms with Crippen molar-refractivity contribution in [1.29, 1.82) is 0 Å². The van der Waals surface area contributed by atoms with Crippen LogP contribution in [-0.2, 0) is 6.54 Å². The Morgan fingerprint density at radius 1 is 1.09 bits per heavy atom. The summed E-state index contributed by atoms with van der Waals surface area (Å²) in [6, 6.07) is 11.9. The lowest BCUT2D eigenvalue weighted by atomic mass is 10.1. The van der Waals surface area contributed by atoms with Gasteiger partial charge in [-0.3, -0.25) is 0 Å². The number of anilines is 1. The molecule has 0 radical (unpaired) electrons. The molecule has 0 aromatic heterocycles. The third kappa shape index (κ3) is 3.80. The van der Waals surface area contributed by atoms with Crippen molar-refractivity contribution in [3.8, 4) is 5.75 Å². The van der Waals surface area contributed by atoms with Crippen molar-refractivity contribution in [2.24, 2.45) is 0 Å². The van der Waals surface area contributed by atoms with Crippen molar-refractivity contribution in [2.75, 3.05) is 31.1 Å². The van der Waals surface area contributed by atoms with Crippen LogP contribution in [0.2, 0.25) is 5.02 Å². The van der Waals surface area contributed by atoms with Crippen LogP contribution in [0.5, 0.6) is 5.75 Å². The van der Waals surface area contributed by atoms with Gasteiger partial charge in [0.25, 0.3) is 0 Å². The highest BCUT2D eigenvalue weighted by atomic mass is 35.5. The third-order valence-corrected chi connectivity index (χ3v) is 4.89. The van der Waals surface area contributed by atoms with Crippen LogP contribution in [0.1, 0.15) is 16.7 Å². The van der Waals surface area contributed by atoms with E-state index in [1.54, 1.807) is 12.1 Å². The smallest absolute Gasteiger partial charge is 0.124 e. The number of nitrogens with one attached hydrogen (secondary N) is 1. The van der Waals surface area contributed by atoms with E-state index >= 15 is 0 Å². The SMILES string of the molecule is Cc1ccc(C)c(N2CC[NH+](Cc3cc(Cl)ccc3O)CC2)c1. The molecule has 1 saturated heterocycles.